The average Bonchev–Trinajstić information content (AvgIpc) is 2.05. The maximum absolute atomic E-state index is 13.9. The van der Waals surface area contributed by atoms with Gasteiger partial charge in [0.15, 0.2) is 9.84 Å². The lowest BCUT2D eigenvalue weighted by Gasteiger charge is -2.29. The number of sulfone groups is 1. The Kier molecular flexibility index (Phi) is 3.08. The van der Waals surface area contributed by atoms with Crippen LogP contribution in [-0.4, -0.2) is 32.3 Å². The largest absolute Gasteiger partial charge is 0.316 e. The minimum atomic E-state index is -3.66. The second-order valence-electron chi connectivity index (χ2n) is 3.20. The molecule has 3 nitrogen and oxygen atoms in total. The van der Waals surface area contributed by atoms with E-state index in [2.05, 4.69) is 11.9 Å². The van der Waals surface area contributed by atoms with Crippen molar-refractivity contribution in [1.29, 1.82) is 0 Å². The molecular weight excluding hydrogens is 193 g/mol. The lowest BCUT2D eigenvalue weighted by molar-refractivity contribution is 0.206. The molecule has 0 saturated carbocycles. The van der Waals surface area contributed by atoms with E-state index in [-0.39, 0.29) is 18.6 Å². The van der Waals surface area contributed by atoms with E-state index >= 15 is 0 Å². The molecule has 0 spiro atoms. The predicted octanol–water partition coefficient (Wildman–Crippen LogP) is 0.636. The highest BCUT2D eigenvalue weighted by Crippen LogP contribution is 2.30. The maximum atomic E-state index is 13.9. The molecular formula is C8H14FNO2S. The smallest absolute Gasteiger partial charge is 0.213 e. The first-order valence-corrected chi connectivity index (χ1v) is 5.90. The van der Waals surface area contributed by atoms with Crippen LogP contribution < -0.4 is 5.32 Å². The highest BCUT2D eigenvalue weighted by molar-refractivity contribution is 7.92. The van der Waals surface area contributed by atoms with Crippen molar-refractivity contribution < 1.29 is 12.8 Å². The van der Waals surface area contributed by atoms with Crippen molar-refractivity contribution in [3.05, 3.63) is 12.7 Å². The molecule has 0 aromatic carbocycles. The lowest BCUT2D eigenvalue weighted by atomic mass is 10.1. The Morgan fingerprint density at radius 2 is 2.00 bits per heavy atom. The number of nitrogens with one attached hydrogen (secondary N) is 1. The molecule has 0 amide bonds. The van der Waals surface area contributed by atoms with Gasteiger partial charge >= 0.3 is 0 Å². The van der Waals surface area contributed by atoms with Gasteiger partial charge in [0, 0.05) is 12.8 Å². The second kappa shape index (κ2) is 3.75. The van der Waals surface area contributed by atoms with Gasteiger partial charge in [0.1, 0.15) is 0 Å². The first kappa shape index (κ1) is 10.7. The van der Waals surface area contributed by atoms with Crippen LogP contribution in [0.5, 0.6) is 0 Å². The summed E-state index contributed by atoms with van der Waals surface area (Å²) in [6.07, 6.45) is 1.32. The minimum Gasteiger partial charge on any atom is -0.316 e. The van der Waals surface area contributed by atoms with Crippen molar-refractivity contribution in [1.82, 2.24) is 5.32 Å². The molecule has 1 aliphatic heterocycles. The fraction of sp³-hybridized carbons (Fsp3) is 0.750. The molecule has 76 valence electrons. The topological polar surface area (TPSA) is 46.2 Å². The SMILES string of the molecule is C=CCS(=O)(=O)C1(F)CCNCC1. The van der Waals surface area contributed by atoms with Gasteiger partial charge < -0.3 is 5.32 Å². The molecule has 1 rings (SSSR count). The van der Waals surface area contributed by atoms with Crippen molar-refractivity contribution in [3.63, 3.8) is 0 Å². The van der Waals surface area contributed by atoms with Gasteiger partial charge in [-0.2, -0.15) is 0 Å². The molecule has 1 heterocycles. The van der Waals surface area contributed by atoms with Gasteiger partial charge in [-0.25, -0.2) is 12.8 Å². The third-order valence-electron chi connectivity index (χ3n) is 2.24. The number of hydrogen-bond donors (Lipinski definition) is 1. The van der Waals surface area contributed by atoms with E-state index in [1.54, 1.807) is 0 Å². The second-order valence-corrected chi connectivity index (χ2v) is 5.50. The van der Waals surface area contributed by atoms with Crippen molar-refractivity contribution in [2.45, 2.75) is 17.8 Å². The van der Waals surface area contributed by atoms with Crippen molar-refractivity contribution in [3.8, 4) is 0 Å². The number of hydrogen-bond acceptors (Lipinski definition) is 3. The van der Waals surface area contributed by atoms with E-state index in [4.69, 9.17) is 0 Å². The van der Waals surface area contributed by atoms with Gasteiger partial charge in [-0.15, -0.1) is 6.58 Å². The van der Waals surface area contributed by atoms with Crippen molar-refractivity contribution >= 4 is 9.84 Å². The molecule has 1 saturated heterocycles. The molecule has 5 heteroatoms. The van der Waals surface area contributed by atoms with Gasteiger partial charge in [-0.05, 0) is 13.1 Å². The predicted molar refractivity (Wildman–Crippen MR) is 49.9 cm³/mol. The summed E-state index contributed by atoms with van der Waals surface area (Å²) in [4.78, 5) is 0. The highest BCUT2D eigenvalue weighted by atomic mass is 32.2. The van der Waals surface area contributed by atoms with E-state index < -0.39 is 14.8 Å². The molecule has 0 aromatic heterocycles. The molecule has 1 aliphatic rings. The fourth-order valence-corrected chi connectivity index (χ4v) is 2.85. The van der Waals surface area contributed by atoms with Gasteiger partial charge in [-0.1, -0.05) is 6.08 Å². The van der Waals surface area contributed by atoms with Gasteiger partial charge in [0.2, 0.25) is 5.00 Å². The molecule has 0 radical (unpaired) electrons. The zero-order valence-corrected chi connectivity index (χ0v) is 8.24. The molecule has 0 bridgehead atoms. The first-order valence-electron chi connectivity index (χ1n) is 4.25. The monoisotopic (exact) mass is 207 g/mol. The van der Waals surface area contributed by atoms with E-state index in [1.807, 2.05) is 0 Å². The normalized spacial score (nSPS) is 22.5. The van der Waals surface area contributed by atoms with Crippen LogP contribution in [0.15, 0.2) is 12.7 Å². The van der Waals surface area contributed by atoms with E-state index in [0.717, 1.165) is 0 Å². The molecule has 0 aliphatic carbocycles. The number of rotatable bonds is 3. The first-order chi connectivity index (χ1) is 6.02. The summed E-state index contributed by atoms with van der Waals surface area (Å²) in [7, 11) is -3.66. The molecule has 0 atom stereocenters. The summed E-state index contributed by atoms with van der Waals surface area (Å²) >= 11 is 0. The zero-order chi connectivity index (χ0) is 9.95. The van der Waals surface area contributed by atoms with Crippen LogP contribution >= 0.6 is 0 Å². The molecule has 0 aromatic rings. The van der Waals surface area contributed by atoms with E-state index in [0.29, 0.717) is 13.1 Å². The Bertz CT molecular complexity index is 281. The summed E-state index contributed by atoms with van der Waals surface area (Å²) in [5.74, 6) is -0.274. The number of alkyl halides is 1. The van der Waals surface area contributed by atoms with Crippen LogP contribution in [0.4, 0.5) is 4.39 Å². The Balaban J connectivity index is 2.83. The van der Waals surface area contributed by atoms with E-state index in [9.17, 15) is 12.8 Å². The standard InChI is InChI=1S/C8H14FNO2S/c1-2-7-13(11,12)8(9)3-5-10-6-4-8/h2,10H,1,3-7H2. The summed E-state index contributed by atoms with van der Waals surface area (Å²) in [6.45, 7) is 4.16. The highest BCUT2D eigenvalue weighted by Gasteiger charge is 2.43. The van der Waals surface area contributed by atoms with E-state index in [1.165, 1.54) is 6.08 Å². The van der Waals surface area contributed by atoms with Crippen molar-refractivity contribution in [2.75, 3.05) is 18.8 Å². The number of halogens is 1. The average molecular weight is 207 g/mol. The Morgan fingerprint density at radius 3 is 2.46 bits per heavy atom. The quantitative estimate of drug-likeness (QED) is 0.691. The molecule has 0 unspecified atom stereocenters. The minimum absolute atomic E-state index is 0.0448. The molecule has 1 fully saturated rings. The maximum Gasteiger partial charge on any atom is 0.213 e. The van der Waals surface area contributed by atoms with Crippen LogP contribution in [0.25, 0.3) is 0 Å². The Labute approximate surface area is 77.9 Å². The fourth-order valence-electron chi connectivity index (χ4n) is 1.42. The third-order valence-corrected chi connectivity index (χ3v) is 4.44. The lowest BCUT2D eigenvalue weighted by Crippen LogP contribution is -2.45. The summed E-state index contributed by atoms with van der Waals surface area (Å²) in [6, 6.07) is 0. The van der Waals surface area contributed by atoms with Crippen LogP contribution in [0.1, 0.15) is 12.8 Å². The third kappa shape index (κ3) is 2.08. The number of piperidine rings is 1. The van der Waals surface area contributed by atoms with Crippen molar-refractivity contribution in [2.24, 2.45) is 0 Å². The molecule has 13 heavy (non-hydrogen) atoms. The Hall–Kier alpha value is -0.420. The van der Waals surface area contributed by atoms with Crippen LogP contribution in [0.3, 0.4) is 0 Å². The van der Waals surface area contributed by atoms with Gasteiger partial charge in [0.05, 0.1) is 5.75 Å². The van der Waals surface area contributed by atoms with Gasteiger partial charge in [-0.3, -0.25) is 0 Å². The summed E-state index contributed by atoms with van der Waals surface area (Å²) in [5, 5.41) is 0.889. The van der Waals surface area contributed by atoms with Crippen LogP contribution in [-0.2, 0) is 9.84 Å². The summed E-state index contributed by atoms with van der Waals surface area (Å²) < 4.78 is 36.7. The zero-order valence-electron chi connectivity index (χ0n) is 7.42. The van der Waals surface area contributed by atoms with Gasteiger partial charge in [0.25, 0.3) is 0 Å². The summed E-state index contributed by atoms with van der Waals surface area (Å²) in [5.41, 5.74) is 0. The Morgan fingerprint density at radius 1 is 1.46 bits per heavy atom. The van der Waals surface area contributed by atoms with Crippen LogP contribution in [0.2, 0.25) is 0 Å². The molecule has 1 N–H and O–H groups in total. The van der Waals surface area contributed by atoms with Crippen LogP contribution in [0, 0.1) is 0 Å².